The summed E-state index contributed by atoms with van der Waals surface area (Å²) in [5, 5.41) is 22.4. The summed E-state index contributed by atoms with van der Waals surface area (Å²) in [4.78, 5) is 47.5. The van der Waals surface area contributed by atoms with Crippen molar-refractivity contribution < 1.29 is 29.4 Å². The van der Waals surface area contributed by atoms with E-state index in [1.807, 2.05) is 0 Å². The average Bonchev–Trinajstić information content (AvgIpc) is 2.75. The van der Waals surface area contributed by atoms with Crippen molar-refractivity contribution in [3.8, 4) is 0 Å². The van der Waals surface area contributed by atoms with Crippen LogP contribution in [0.25, 0.3) is 0 Å². The molecule has 2 amide bonds. The smallest absolute Gasteiger partial charge is 0.327 e. The fourth-order valence-electron chi connectivity index (χ4n) is 2.70. The zero-order valence-electron chi connectivity index (χ0n) is 15.8. The van der Waals surface area contributed by atoms with Crippen LogP contribution in [0.3, 0.4) is 0 Å². The van der Waals surface area contributed by atoms with Gasteiger partial charge < -0.3 is 20.8 Å². The van der Waals surface area contributed by atoms with Crippen LogP contribution < -0.4 is 10.6 Å². The number of amides is 2. The number of carboxylic acid groups (broad SMARTS) is 2. The predicted molar refractivity (Wildman–Crippen MR) is 110 cm³/mol. The molecule has 0 saturated heterocycles. The van der Waals surface area contributed by atoms with Gasteiger partial charge in [-0.1, -0.05) is 36.4 Å². The molecule has 0 aliphatic carbocycles. The maximum absolute atomic E-state index is 12.2. The van der Waals surface area contributed by atoms with Crippen LogP contribution in [0.4, 0.5) is 0 Å². The highest BCUT2D eigenvalue weighted by Gasteiger charge is 2.30. The predicted octanol–water partition coefficient (Wildman–Crippen LogP) is 2.14. The average molecular weight is 433 g/mol. The lowest BCUT2D eigenvalue weighted by Crippen LogP contribution is -2.48. The molecule has 0 saturated carbocycles. The van der Waals surface area contributed by atoms with E-state index in [9.17, 15) is 29.4 Å². The lowest BCUT2D eigenvalue weighted by Gasteiger charge is -2.22. The van der Waals surface area contributed by atoms with Crippen LogP contribution in [0.1, 0.15) is 33.6 Å². The number of carbonyl (C=O) groups excluding carboxylic acids is 2. The van der Waals surface area contributed by atoms with Crippen LogP contribution in [0.15, 0.2) is 60.7 Å². The summed E-state index contributed by atoms with van der Waals surface area (Å²) < 4.78 is 0. The number of aliphatic carboxylic acids is 2. The van der Waals surface area contributed by atoms with Gasteiger partial charge in [-0.2, -0.15) is 0 Å². The normalized spacial score (nSPS) is 13.5. The molecule has 9 heteroatoms. The molecule has 2 aromatic rings. The third-order valence-electron chi connectivity index (χ3n) is 4.32. The Kier molecular flexibility index (Phi) is 8.37. The number of hydrogen-bond acceptors (Lipinski definition) is 4. The number of rotatable bonds is 10. The van der Waals surface area contributed by atoms with Crippen LogP contribution in [0.5, 0.6) is 0 Å². The maximum atomic E-state index is 12.2. The molecule has 0 aromatic heterocycles. The molecule has 3 unspecified atom stereocenters. The van der Waals surface area contributed by atoms with Crippen LogP contribution in [-0.2, 0) is 9.59 Å². The third kappa shape index (κ3) is 6.59. The molecule has 158 valence electrons. The first-order chi connectivity index (χ1) is 14.3. The van der Waals surface area contributed by atoms with Crippen LogP contribution in [0.2, 0.25) is 0 Å². The minimum absolute atomic E-state index is 0.0698. The summed E-state index contributed by atoms with van der Waals surface area (Å²) in [6.07, 6.45) is -0.188. The molecule has 0 fully saturated rings. The summed E-state index contributed by atoms with van der Waals surface area (Å²) in [5.74, 6) is -3.80. The van der Waals surface area contributed by atoms with Gasteiger partial charge in [0.05, 0.1) is 5.38 Å². The molecule has 0 radical (unpaired) electrons. The van der Waals surface area contributed by atoms with E-state index >= 15 is 0 Å². The molecule has 30 heavy (non-hydrogen) atoms. The summed E-state index contributed by atoms with van der Waals surface area (Å²) >= 11 is 6.17. The molecule has 0 aliphatic rings. The second-order valence-electron chi connectivity index (χ2n) is 6.48. The fraction of sp³-hybridized carbons (Fsp3) is 0.238. The SMILES string of the molecule is O=C(NC(CCC(Cl)C(NC(=O)c1ccccc1)C(=O)O)C(=O)O)c1ccccc1. The Morgan fingerprint density at radius 3 is 1.63 bits per heavy atom. The molecular weight excluding hydrogens is 412 g/mol. The quantitative estimate of drug-likeness (QED) is 0.425. The minimum Gasteiger partial charge on any atom is -0.480 e. The summed E-state index contributed by atoms with van der Waals surface area (Å²) in [7, 11) is 0. The van der Waals surface area contributed by atoms with Crippen molar-refractivity contribution in [2.45, 2.75) is 30.3 Å². The van der Waals surface area contributed by atoms with E-state index in [-0.39, 0.29) is 18.4 Å². The van der Waals surface area contributed by atoms with Crippen molar-refractivity contribution in [3.63, 3.8) is 0 Å². The van der Waals surface area contributed by atoms with E-state index in [0.717, 1.165) is 0 Å². The topological polar surface area (TPSA) is 133 Å². The molecule has 0 heterocycles. The van der Waals surface area contributed by atoms with Gasteiger partial charge in [0.1, 0.15) is 12.1 Å². The third-order valence-corrected chi connectivity index (χ3v) is 4.79. The molecule has 2 rings (SSSR count). The first-order valence-electron chi connectivity index (χ1n) is 9.11. The van der Waals surface area contributed by atoms with E-state index in [2.05, 4.69) is 10.6 Å². The Bertz CT molecular complexity index is 891. The van der Waals surface area contributed by atoms with Gasteiger partial charge in [0.15, 0.2) is 0 Å². The number of carbonyl (C=O) groups is 4. The Hall–Kier alpha value is -3.39. The van der Waals surface area contributed by atoms with Gasteiger partial charge in [-0.25, -0.2) is 9.59 Å². The first-order valence-corrected chi connectivity index (χ1v) is 9.54. The second kappa shape index (κ2) is 11.0. The van der Waals surface area contributed by atoms with Gasteiger partial charge in [-0.3, -0.25) is 9.59 Å². The van der Waals surface area contributed by atoms with Gasteiger partial charge >= 0.3 is 11.9 Å². The number of alkyl halides is 1. The number of carboxylic acids is 2. The van der Waals surface area contributed by atoms with Crippen molar-refractivity contribution in [1.29, 1.82) is 0 Å². The summed E-state index contributed by atoms with van der Waals surface area (Å²) in [6.45, 7) is 0. The highest BCUT2D eigenvalue weighted by molar-refractivity contribution is 6.22. The van der Waals surface area contributed by atoms with E-state index in [1.54, 1.807) is 36.4 Å². The number of halogens is 1. The Morgan fingerprint density at radius 2 is 1.20 bits per heavy atom. The van der Waals surface area contributed by atoms with Crippen LogP contribution in [-0.4, -0.2) is 51.4 Å². The fourth-order valence-corrected chi connectivity index (χ4v) is 3.00. The van der Waals surface area contributed by atoms with Gasteiger partial charge in [0, 0.05) is 11.1 Å². The van der Waals surface area contributed by atoms with Crippen molar-refractivity contribution in [1.82, 2.24) is 10.6 Å². The molecule has 0 spiro atoms. The van der Waals surface area contributed by atoms with Crippen molar-refractivity contribution in [3.05, 3.63) is 71.8 Å². The van der Waals surface area contributed by atoms with Gasteiger partial charge in [0.2, 0.25) is 0 Å². The summed E-state index contributed by atoms with van der Waals surface area (Å²) in [5.41, 5.74) is 0.566. The number of benzene rings is 2. The second-order valence-corrected chi connectivity index (χ2v) is 7.04. The lowest BCUT2D eigenvalue weighted by molar-refractivity contribution is -0.139. The monoisotopic (exact) mass is 432 g/mol. The zero-order valence-corrected chi connectivity index (χ0v) is 16.6. The molecule has 8 nitrogen and oxygen atoms in total. The van der Waals surface area contributed by atoms with E-state index in [1.165, 1.54) is 24.3 Å². The lowest BCUT2D eigenvalue weighted by atomic mass is 10.0. The maximum Gasteiger partial charge on any atom is 0.327 e. The highest BCUT2D eigenvalue weighted by Crippen LogP contribution is 2.15. The summed E-state index contributed by atoms with van der Waals surface area (Å²) in [6, 6.07) is 13.4. The van der Waals surface area contributed by atoms with Gasteiger partial charge in [-0.15, -0.1) is 11.6 Å². The molecule has 4 N–H and O–H groups in total. The van der Waals surface area contributed by atoms with Gasteiger partial charge in [0.25, 0.3) is 11.8 Å². The molecule has 0 bridgehead atoms. The molecular formula is C21H21ClN2O6. The highest BCUT2D eigenvalue weighted by atomic mass is 35.5. The molecule has 0 aliphatic heterocycles. The van der Waals surface area contributed by atoms with Crippen molar-refractivity contribution >= 4 is 35.4 Å². The number of hydrogen-bond donors (Lipinski definition) is 4. The Labute approximate surface area is 177 Å². The minimum atomic E-state index is -1.43. The van der Waals surface area contributed by atoms with Gasteiger partial charge in [-0.05, 0) is 37.1 Å². The van der Waals surface area contributed by atoms with E-state index in [4.69, 9.17) is 11.6 Å². The standard InChI is InChI=1S/C21H21ClN2O6/c22-15(17(21(29)30)24-19(26)14-9-5-2-6-10-14)11-12-16(20(27)28)23-18(25)13-7-3-1-4-8-13/h1-10,15-17H,11-12H2,(H,23,25)(H,24,26)(H,27,28)(H,29,30). The molecule has 3 atom stereocenters. The van der Waals surface area contributed by atoms with Crippen LogP contribution in [0, 0.1) is 0 Å². The zero-order chi connectivity index (χ0) is 22.1. The van der Waals surface area contributed by atoms with E-state index < -0.39 is 41.2 Å². The number of nitrogens with one attached hydrogen (secondary N) is 2. The Balaban J connectivity index is 1.98. The first kappa shape index (κ1) is 22.9. The Morgan fingerprint density at radius 1 is 0.733 bits per heavy atom. The van der Waals surface area contributed by atoms with Crippen molar-refractivity contribution in [2.24, 2.45) is 0 Å². The van der Waals surface area contributed by atoms with E-state index in [0.29, 0.717) is 5.56 Å². The largest absolute Gasteiger partial charge is 0.480 e. The van der Waals surface area contributed by atoms with Crippen molar-refractivity contribution in [2.75, 3.05) is 0 Å². The molecule has 2 aromatic carbocycles. The van der Waals surface area contributed by atoms with Crippen LogP contribution >= 0.6 is 11.6 Å².